The lowest BCUT2D eigenvalue weighted by atomic mass is 9.92. The molecule has 0 saturated carbocycles. The number of rotatable bonds is 3. The standard InChI is InChI=1S/C13H18BrF/c1-5-8(2)13(14)12-9(3)6-11(15)7-10(12)4/h6-8,13H,5H2,1-4H3. The number of hydrogen-bond acceptors (Lipinski definition) is 0. The molecule has 0 aromatic heterocycles. The molecule has 0 bridgehead atoms. The van der Waals surface area contributed by atoms with Gasteiger partial charge in [0.25, 0.3) is 0 Å². The van der Waals surface area contributed by atoms with Gasteiger partial charge in [0.05, 0.1) is 0 Å². The summed E-state index contributed by atoms with van der Waals surface area (Å²) in [7, 11) is 0. The Morgan fingerprint density at radius 3 is 2.13 bits per heavy atom. The van der Waals surface area contributed by atoms with E-state index in [-0.39, 0.29) is 5.82 Å². The number of hydrogen-bond donors (Lipinski definition) is 0. The highest BCUT2D eigenvalue weighted by Gasteiger charge is 2.18. The summed E-state index contributed by atoms with van der Waals surface area (Å²) in [6.45, 7) is 8.33. The van der Waals surface area contributed by atoms with Crippen LogP contribution in [0.15, 0.2) is 12.1 Å². The first-order chi connectivity index (χ1) is 6.97. The van der Waals surface area contributed by atoms with Crippen LogP contribution in [0.1, 0.15) is 41.8 Å². The second-order valence-corrected chi connectivity index (χ2v) is 5.23. The van der Waals surface area contributed by atoms with Crippen molar-refractivity contribution in [3.8, 4) is 0 Å². The van der Waals surface area contributed by atoms with E-state index >= 15 is 0 Å². The molecule has 2 unspecified atom stereocenters. The average Bonchev–Trinajstić information content (AvgIpc) is 2.14. The van der Waals surface area contributed by atoms with Crippen LogP contribution >= 0.6 is 15.9 Å². The molecule has 15 heavy (non-hydrogen) atoms. The number of alkyl halides is 1. The zero-order valence-electron chi connectivity index (χ0n) is 9.77. The lowest BCUT2D eigenvalue weighted by molar-refractivity contribution is 0.550. The smallest absolute Gasteiger partial charge is 0.123 e. The van der Waals surface area contributed by atoms with Crippen LogP contribution in [0, 0.1) is 25.6 Å². The fourth-order valence-electron chi connectivity index (χ4n) is 1.85. The Hall–Kier alpha value is -0.370. The first-order valence-corrected chi connectivity index (χ1v) is 6.29. The lowest BCUT2D eigenvalue weighted by Gasteiger charge is -2.21. The summed E-state index contributed by atoms with van der Waals surface area (Å²) in [5, 5.41) is 0. The Morgan fingerprint density at radius 1 is 1.27 bits per heavy atom. The molecule has 0 heterocycles. The first-order valence-electron chi connectivity index (χ1n) is 5.38. The van der Waals surface area contributed by atoms with Crippen molar-refractivity contribution in [2.45, 2.75) is 38.9 Å². The maximum Gasteiger partial charge on any atom is 0.123 e. The van der Waals surface area contributed by atoms with Crippen molar-refractivity contribution >= 4 is 15.9 Å². The van der Waals surface area contributed by atoms with Crippen molar-refractivity contribution < 1.29 is 4.39 Å². The molecule has 1 aromatic rings. The predicted molar refractivity (Wildman–Crippen MR) is 67.0 cm³/mol. The Kier molecular flexibility index (Phi) is 4.32. The fraction of sp³-hybridized carbons (Fsp3) is 0.538. The molecule has 0 amide bonds. The van der Waals surface area contributed by atoms with E-state index in [1.54, 1.807) is 12.1 Å². The van der Waals surface area contributed by atoms with Crippen LogP contribution in [0.5, 0.6) is 0 Å². The third kappa shape index (κ3) is 2.81. The zero-order chi connectivity index (χ0) is 11.6. The van der Waals surface area contributed by atoms with Crippen molar-refractivity contribution in [1.29, 1.82) is 0 Å². The second kappa shape index (κ2) is 5.11. The van der Waals surface area contributed by atoms with Crippen LogP contribution in [0.4, 0.5) is 4.39 Å². The van der Waals surface area contributed by atoms with Gasteiger partial charge in [-0.2, -0.15) is 0 Å². The number of aryl methyl sites for hydroxylation is 2. The monoisotopic (exact) mass is 272 g/mol. The third-order valence-electron chi connectivity index (χ3n) is 2.98. The molecular formula is C13H18BrF. The number of benzene rings is 1. The van der Waals surface area contributed by atoms with Gasteiger partial charge in [-0.15, -0.1) is 0 Å². The minimum Gasteiger partial charge on any atom is -0.207 e. The molecule has 0 aliphatic carbocycles. The summed E-state index contributed by atoms with van der Waals surface area (Å²) in [5.41, 5.74) is 3.31. The Morgan fingerprint density at radius 2 is 1.73 bits per heavy atom. The lowest BCUT2D eigenvalue weighted by Crippen LogP contribution is -2.06. The summed E-state index contributed by atoms with van der Waals surface area (Å²) in [5.74, 6) is 0.422. The maximum absolute atomic E-state index is 13.1. The van der Waals surface area contributed by atoms with Crippen molar-refractivity contribution in [3.63, 3.8) is 0 Å². The SMILES string of the molecule is CCC(C)C(Br)c1c(C)cc(F)cc1C. The molecule has 2 atom stereocenters. The van der Waals surface area contributed by atoms with Crippen LogP contribution in [0.25, 0.3) is 0 Å². The van der Waals surface area contributed by atoms with E-state index in [1.807, 2.05) is 13.8 Å². The fourth-order valence-corrected chi connectivity index (χ4v) is 2.94. The largest absolute Gasteiger partial charge is 0.207 e. The highest BCUT2D eigenvalue weighted by atomic mass is 79.9. The predicted octanol–water partition coefficient (Wildman–Crippen LogP) is 4.92. The van der Waals surface area contributed by atoms with Gasteiger partial charge in [0.1, 0.15) is 5.82 Å². The van der Waals surface area contributed by atoms with Crippen molar-refractivity contribution in [2.24, 2.45) is 5.92 Å². The molecule has 1 rings (SSSR count). The third-order valence-corrected chi connectivity index (χ3v) is 4.34. The highest BCUT2D eigenvalue weighted by molar-refractivity contribution is 9.09. The van der Waals surface area contributed by atoms with Crippen LogP contribution in [0.2, 0.25) is 0 Å². The van der Waals surface area contributed by atoms with Gasteiger partial charge in [-0.1, -0.05) is 36.2 Å². The van der Waals surface area contributed by atoms with Gasteiger partial charge >= 0.3 is 0 Å². The molecular weight excluding hydrogens is 255 g/mol. The summed E-state index contributed by atoms with van der Waals surface area (Å²) in [6, 6.07) is 3.22. The minimum atomic E-state index is -0.141. The topological polar surface area (TPSA) is 0 Å². The molecule has 0 nitrogen and oxygen atoms in total. The molecule has 0 N–H and O–H groups in total. The van der Waals surface area contributed by atoms with Crippen LogP contribution in [-0.4, -0.2) is 0 Å². The maximum atomic E-state index is 13.1. The molecule has 0 aliphatic heterocycles. The summed E-state index contributed by atoms with van der Waals surface area (Å²) < 4.78 is 13.1. The van der Waals surface area contributed by atoms with Crippen molar-refractivity contribution in [2.75, 3.05) is 0 Å². The Bertz CT molecular complexity index is 323. The van der Waals surface area contributed by atoms with Crippen LogP contribution in [0.3, 0.4) is 0 Å². The van der Waals surface area contributed by atoms with Gasteiger partial charge in [-0.3, -0.25) is 0 Å². The van der Waals surface area contributed by atoms with E-state index in [9.17, 15) is 4.39 Å². The normalized spacial score (nSPS) is 15.1. The second-order valence-electron chi connectivity index (χ2n) is 4.24. The molecule has 0 radical (unpaired) electrons. The van der Waals surface area contributed by atoms with E-state index in [0.29, 0.717) is 10.7 Å². The minimum absolute atomic E-state index is 0.141. The van der Waals surface area contributed by atoms with E-state index in [1.165, 1.54) is 5.56 Å². The van der Waals surface area contributed by atoms with Gasteiger partial charge < -0.3 is 0 Å². The van der Waals surface area contributed by atoms with Crippen molar-refractivity contribution in [1.82, 2.24) is 0 Å². The van der Waals surface area contributed by atoms with Crippen LogP contribution in [-0.2, 0) is 0 Å². The van der Waals surface area contributed by atoms with E-state index in [0.717, 1.165) is 17.5 Å². The average molecular weight is 273 g/mol. The molecule has 0 spiro atoms. The van der Waals surface area contributed by atoms with Gasteiger partial charge in [0, 0.05) is 4.83 Å². The first kappa shape index (κ1) is 12.7. The molecule has 1 aromatic carbocycles. The van der Waals surface area contributed by atoms with Crippen LogP contribution < -0.4 is 0 Å². The van der Waals surface area contributed by atoms with Gasteiger partial charge in [-0.25, -0.2) is 4.39 Å². The van der Waals surface area contributed by atoms with E-state index in [4.69, 9.17) is 0 Å². The molecule has 2 heteroatoms. The summed E-state index contributed by atoms with van der Waals surface area (Å²) in [6.07, 6.45) is 1.12. The van der Waals surface area contributed by atoms with Gasteiger partial charge in [0.2, 0.25) is 0 Å². The van der Waals surface area contributed by atoms with E-state index < -0.39 is 0 Å². The van der Waals surface area contributed by atoms with Gasteiger partial charge in [0.15, 0.2) is 0 Å². The van der Waals surface area contributed by atoms with Crippen molar-refractivity contribution in [3.05, 3.63) is 34.6 Å². The molecule has 84 valence electrons. The zero-order valence-corrected chi connectivity index (χ0v) is 11.4. The molecule has 0 saturated heterocycles. The van der Waals surface area contributed by atoms with E-state index in [2.05, 4.69) is 29.8 Å². The molecule has 0 aliphatic rings. The molecule has 0 fully saturated rings. The summed E-state index contributed by atoms with van der Waals surface area (Å²) in [4.78, 5) is 0.322. The quantitative estimate of drug-likeness (QED) is 0.685. The van der Waals surface area contributed by atoms with Gasteiger partial charge in [-0.05, 0) is 48.6 Å². The Balaban J connectivity index is 3.13. The highest BCUT2D eigenvalue weighted by Crippen LogP contribution is 2.36. The summed E-state index contributed by atoms with van der Waals surface area (Å²) >= 11 is 3.72. The Labute approximate surface area is 100 Å². The number of halogens is 2.